The Hall–Kier alpha value is -2.73. The number of nitrogens with zero attached hydrogens (tertiary/aromatic N) is 4. The molecule has 4 heterocycles. The van der Waals surface area contributed by atoms with Gasteiger partial charge in [-0.1, -0.05) is 5.16 Å². The fourth-order valence-electron chi connectivity index (χ4n) is 3.42. The number of carbonyl (C=O) groups is 1. The van der Waals surface area contributed by atoms with Gasteiger partial charge >= 0.3 is 6.18 Å². The van der Waals surface area contributed by atoms with Crippen molar-refractivity contribution in [2.75, 3.05) is 31.2 Å². The van der Waals surface area contributed by atoms with Crippen molar-refractivity contribution in [2.24, 2.45) is 0 Å². The fourth-order valence-corrected chi connectivity index (χ4v) is 3.42. The van der Waals surface area contributed by atoms with Crippen LogP contribution in [-0.4, -0.2) is 59.0 Å². The Kier molecular flexibility index (Phi) is 5.13. The first-order valence-corrected chi connectivity index (χ1v) is 8.91. The Morgan fingerprint density at radius 2 is 2.24 bits per heavy atom. The highest BCUT2D eigenvalue weighted by Crippen LogP contribution is 2.34. The molecule has 2 aliphatic rings. The average Bonchev–Trinajstić information content (AvgIpc) is 3.36. The van der Waals surface area contributed by atoms with Gasteiger partial charge in [0.05, 0.1) is 26.3 Å². The van der Waals surface area contributed by atoms with Crippen LogP contribution in [0.3, 0.4) is 0 Å². The van der Waals surface area contributed by atoms with Crippen molar-refractivity contribution in [3.8, 4) is 0 Å². The van der Waals surface area contributed by atoms with Gasteiger partial charge in [0.25, 0.3) is 0 Å². The van der Waals surface area contributed by atoms with E-state index in [-0.39, 0.29) is 44.4 Å². The van der Waals surface area contributed by atoms with E-state index in [9.17, 15) is 18.0 Å². The summed E-state index contributed by atoms with van der Waals surface area (Å²) >= 11 is 0. The van der Waals surface area contributed by atoms with Crippen LogP contribution in [0.15, 0.2) is 29.2 Å². The Morgan fingerprint density at radius 1 is 1.38 bits per heavy atom. The Balaban J connectivity index is 1.40. The van der Waals surface area contributed by atoms with E-state index < -0.39 is 23.6 Å². The largest absolute Gasteiger partial charge is 0.433 e. The molecule has 2 aromatic heterocycles. The number of hydrogen-bond donors (Lipinski definition) is 1. The van der Waals surface area contributed by atoms with Gasteiger partial charge in [0.15, 0.2) is 0 Å². The lowest BCUT2D eigenvalue weighted by molar-refractivity contribution is -0.141. The molecule has 156 valence electrons. The Bertz CT molecular complexity index is 863. The molecule has 12 heteroatoms. The predicted molar refractivity (Wildman–Crippen MR) is 90.6 cm³/mol. The molecule has 2 fully saturated rings. The molecule has 2 aromatic rings. The quantitative estimate of drug-likeness (QED) is 0.797. The van der Waals surface area contributed by atoms with E-state index in [1.165, 1.54) is 6.26 Å². The third kappa shape index (κ3) is 4.32. The van der Waals surface area contributed by atoms with Crippen LogP contribution in [0, 0.1) is 0 Å². The second-order valence-electron chi connectivity index (χ2n) is 6.92. The first-order chi connectivity index (χ1) is 13.8. The van der Waals surface area contributed by atoms with Gasteiger partial charge in [0.1, 0.15) is 41.5 Å². The topological polar surface area (TPSA) is 103 Å². The molecule has 1 amide bonds. The number of morpholine rings is 1. The van der Waals surface area contributed by atoms with Crippen molar-refractivity contribution in [3.05, 3.63) is 36.1 Å². The summed E-state index contributed by atoms with van der Waals surface area (Å²) in [4.78, 5) is 21.3. The zero-order valence-corrected chi connectivity index (χ0v) is 15.2. The van der Waals surface area contributed by atoms with E-state index in [4.69, 9.17) is 14.0 Å². The second-order valence-corrected chi connectivity index (χ2v) is 6.92. The van der Waals surface area contributed by atoms with E-state index in [0.717, 1.165) is 12.4 Å². The van der Waals surface area contributed by atoms with Gasteiger partial charge in [-0.05, 0) is 0 Å². The van der Waals surface area contributed by atoms with Crippen molar-refractivity contribution in [1.82, 2.24) is 20.4 Å². The van der Waals surface area contributed by atoms with Crippen molar-refractivity contribution >= 4 is 11.7 Å². The maximum Gasteiger partial charge on any atom is 0.433 e. The Labute approximate surface area is 163 Å². The van der Waals surface area contributed by atoms with Crippen molar-refractivity contribution in [3.63, 3.8) is 0 Å². The Morgan fingerprint density at radius 3 is 3.00 bits per heavy atom. The molecule has 0 radical (unpaired) electrons. The minimum atomic E-state index is -4.55. The van der Waals surface area contributed by atoms with Crippen LogP contribution in [0.5, 0.6) is 0 Å². The molecule has 9 nitrogen and oxygen atoms in total. The summed E-state index contributed by atoms with van der Waals surface area (Å²) in [6.45, 7) is 1.27. The summed E-state index contributed by atoms with van der Waals surface area (Å²) in [5, 5.41) is 6.43. The van der Waals surface area contributed by atoms with Crippen LogP contribution in [0.1, 0.15) is 17.8 Å². The molecular formula is C17H18F3N5O4. The summed E-state index contributed by atoms with van der Waals surface area (Å²) in [7, 11) is 0. The number of hydrogen-bond acceptors (Lipinski definition) is 8. The van der Waals surface area contributed by atoms with Gasteiger partial charge in [-0.3, -0.25) is 4.79 Å². The van der Waals surface area contributed by atoms with E-state index in [0.29, 0.717) is 12.2 Å². The summed E-state index contributed by atoms with van der Waals surface area (Å²) in [5.74, 6) is -0.152. The minimum absolute atomic E-state index is 0.156. The van der Waals surface area contributed by atoms with Crippen LogP contribution in [0.25, 0.3) is 0 Å². The number of ether oxygens (including phenoxy) is 2. The van der Waals surface area contributed by atoms with Gasteiger partial charge in [0, 0.05) is 25.1 Å². The predicted octanol–water partition coefficient (Wildman–Crippen LogP) is 1.16. The van der Waals surface area contributed by atoms with Crippen molar-refractivity contribution < 1.29 is 32.0 Å². The van der Waals surface area contributed by atoms with Crippen LogP contribution >= 0.6 is 0 Å². The van der Waals surface area contributed by atoms with E-state index in [1.54, 1.807) is 11.0 Å². The molecule has 0 saturated carbocycles. The number of aromatic nitrogens is 3. The maximum absolute atomic E-state index is 12.9. The number of alkyl halides is 3. The fraction of sp³-hybridized carbons (Fsp3) is 0.529. The summed E-state index contributed by atoms with van der Waals surface area (Å²) in [5.41, 5.74) is -1.22. The number of carbonyl (C=O) groups excluding carboxylic acids is 1. The van der Waals surface area contributed by atoms with E-state index in [1.807, 2.05) is 0 Å². The highest BCUT2D eigenvalue weighted by atomic mass is 19.4. The minimum Gasteiger partial charge on any atom is -0.369 e. The lowest BCUT2D eigenvalue weighted by Gasteiger charge is -2.40. The molecule has 0 aliphatic carbocycles. The second kappa shape index (κ2) is 7.59. The number of rotatable bonds is 4. The standard InChI is InChI=1S/C17H18F3N5O4/c18-17(19,20)13-5-14(23-10-22-13)25-2-4-28-16(8-25)6-12(27-9-16)15(26)21-7-11-1-3-29-24-11/h1,3,5,10,12H,2,4,6-9H2,(H,21,26). The zero-order chi connectivity index (χ0) is 20.5. The highest BCUT2D eigenvalue weighted by molar-refractivity contribution is 5.81. The molecule has 2 saturated heterocycles. The van der Waals surface area contributed by atoms with Crippen molar-refractivity contribution in [1.29, 1.82) is 0 Å². The van der Waals surface area contributed by atoms with Crippen LogP contribution < -0.4 is 10.2 Å². The number of anilines is 1. The molecule has 0 bridgehead atoms. The first-order valence-electron chi connectivity index (χ1n) is 8.91. The van der Waals surface area contributed by atoms with Gasteiger partial charge in [-0.2, -0.15) is 13.2 Å². The zero-order valence-electron chi connectivity index (χ0n) is 15.2. The molecule has 2 atom stereocenters. The highest BCUT2D eigenvalue weighted by Gasteiger charge is 2.47. The molecule has 29 heavy (non-hydrogen) atoms. The summed E-state index contributed by atoms with van der Waals surface area (Å²) in [6.07, 6.45) is -2.69. The molecule has 0 aromatic carbocycles. The first kappa shape index (κ1) is 19.6. The molecule has 2 unspecified atom stereocenters. The van der Waals surface area contributed by atoms with Gasteiger partial charge in [-0.25, -0.2) is 9.97 Å². The number of nitrogens with one attached hydrogen (secondary N) is 1. The smallest absolute Gasteiger partial charge is 0.369 e. The summed E-state index contributed by atoms with van der Waals surface area (Å²) in [6, 6.07) is 2.55. The molecule has 1 N–H and O–H groups in total. The SMILES string of the molecule is O=C(NCc1ccon1)C1CC2(CO1)CN(c1cc(C(F)(F)F)ncn1)CCO2. The molecule has 2 aliphatic heterocycles. The van der Waals surface area contributed by atoms with Crippen LogP contribution in [0.2, 0.25) is 0 Å². The van der Waals surface area contributed by atoms with Crippen molar-refractivity contribution in [2.45, 2.75) is 30.8 Å². The third-order valence-electron chi connectivity index (χ3n) is 4.85. The van der Waals surface area contributed by atoms with E-state index >= 15 is 0 Å². The maximum atomic E-state index is 12.9. The van der Waals surface area contributed by atoms with Gasteiger partial charge in [-0.15, -0.1) is 0 Å². The third-order valence-corrected chi connectivity index (χ3v) is 4.85. The van der Waals surface area contributed by atoms with Crippen LogP contribution in [0.4, 0.5) is 19.0 Å². The number of amides is 1. The monoisotopic (exact) mass is 413 g/mol. The van der Waals surface area contributed by atoms with Crippen LogP contribution in [-0.2, 0) is 27.0 Å². The average molecular weight is 413 g/mol. The lowest BCUT2D eigenvalue weighted by atomic mass is 9.97. The van der Waals surface area contributed by atoms with E-state index in [2.05, 4.69) is 20.4 Å². The van der Waals surface area contributed by atoms with Gasteiger partial charge in [0.2, 0.25) is 5.91 Å². The van der Waals surface area contributed by atoms with Gasteiger partial charge < -0.3 is 24.2 Å². The molecule has 4 rings (SSSR count). The number of halogens is 3. The molecule has 1 spiro atoms. The molecular weight excluding hydrogens is 395 g/mol. The lowest BCUT2D eigenvalue weighted by Crippen LogP contribution is -2.53. The summed E-state index contributed by atoms with van der Waals surface area (Å²) < 4.78 is 55.0. The normalized spacial score (nSPS) is 24.8.